The van der Waals surface area contributed by atoms with Gasteiger partial charge >= 0.3 is 0 Å². The monoisotopic (exact) mass is 359 g/mol. The van der Waals surface area contributed by atoms with Crippen LogP contribution in [0.3, 0.4) is 0 Å². The van der Waals surface area contributed by atoms with Crippen LogP contribution in [0.5, 0.6) is 0 Å². The van der Waals surface area contributed by atoms with Crippen LogP contribution in [0, 0.1) is 11.8 Å². The molecule has 1 aromatic rings. The van der Waals surface area contributed by atoms with Crippen molar-refractivity contribution in [3.63, 3.8) is 0 Å². The molecular formula is C22H33NO3. The molecule has 144 valence electrons. The predicted molar refractivity (Wildman–Crippen MR) is 102 cm³/mol. The number of hydrogen-bond acceptors (Lipinski definition) is 3. The molecule has 0 aliphatic heterocycles. The van der Waals surface area contributed by atoms with Gasteiger partial charge in [0.15, 0.2) is 0 Å². The van der Waals surface area contributed by atoms with Crippen molar-refractivity contribution in [2.75, 3.05) is 13.7 Å². The second kappa shape index (κ2) is 9.52. The summed E-state index contributed by atoms with van der Waals surface area (Å²) in [5, 5.41) is 9.37. The Bertz CT molecular complexity index is 577. The number of amides is 1. The second-order valence-electron chi connectivity index (χ2n) is 8.12. The Morgan fingerprint density at radius 2 is 1.73 bits per heavy atom. The number of carbonyl (C=O) groups is 1. The van der Waals surface area contributed by atoms with E-state index in [1.165, 1.54) is 19.3 Å². The lowest BCUT2D eigenvalue weighted by atomic mass is 9.80. The maximum atomic E-state index is 12.4. The molecule has 2 aliphatic carbocycles. The van der Waals surface area contributed by atoms with Gasteiger partial charge < -0.3 is 14.7 Å². The molecule has 4 nitrogen and oxygen atoms in total. The Morgan fingerprint density at radius 1 is 1.08 bits per heavy atom. The Kier molecular flexibility index (Phi) is 7.09. The first-order chi connectivity index (χ1) is 12.7. The molecule has 4 heteroatoms. The minimum Gasteiger partial charge on any atom is -0.392 e. The van der Waals surface area contributed by atoms with Crippen molar-refractivity contribution in [3.05, 3.63) is 35.4 Å². The Morgan fingerprint density at radius 3 is 2.35 bits per heavy atom. The lowest BCUT2D eigenvalue weighted by Gasteiger charge is -2.36. The summed E-state index contributed by atoms with van der Waals surface area (Å²) < 4.78 is 5.92. The third kappa shape index (κ3) is 5.08. The fourth-order valence-electron chi connectivity index (χ4n) is 4.16. The number of ether oxygens (including phenoxy) is 1. The van der Waals surface area contributed by atoms with Crippen molar-refractivity contribution in [2.24, 2.45) is 11.8 Å². The van der Waals surface area contributed by atoms with Crippen LogP contribution in [0.4, 0.5) is 0 Å². The van der Waals surface area contributed by atoms with Crippen molar-refractivity contribution in [2.45, 2.75) is 70.6 Å². The molecule has 0 bridgehead atoms. The van der Waals surface area contributed by atoms with E-state index in [9.17, 15) is 9.90 Å². The normalized spacial score (nSPS) is 23.5. The zero-order valence-corrected chi connectivity index (χ0v) is 16.0. The summed E-state index contributed by atoms with van der Waals surface area (Å²) in [6.45, 7) is 1.41. The van der Waals surface area contributed by atoms with Gasteiger partial charge in [0.25, 0.3) is 0 Å². The molecular weight excluding hydrogens is 326 g/mol. The molecule has 0 spiro atoms. The van der Waals surface area contributed by atoms with E-state index in [1.54, 1.807) is 0 Å². The summed E-state index contributed by atoms with van der Waals surface area (Å²) in [5.41, 5.74) is 2.03. The molecule has 0 radical (unpaired) electrons. The summed E-state index contributed by atoms with van der Waals surface area (Å²) in [4.78, 5) is 14.4. The van der Waals surface area contributed by atoms with Gasteiger partial charge in [0.1, 0.15) is 0 Å². The molecule has 1 amide bonds. The molecule has 0 saturated heterocycles. The number of aliphatic hydroxyl groups excluding tert-OH is 1. The standard InChI is InChI=1S/C22H33NO3/c1-23(21-7-4-8-21)22(25)13-17-9-11-18(12-10-17)15-26-16-20-6-3-2-5-19(20)14-24/h2-3,5-6,17-18,21,24H,4,7-16H2,1H3. The largest absolute Gasteiger partial charge is 0.392 e. The van der Waals surface area contributed by atoms with E-state index < -0.39 is 0 Å². The average molecular weight is 360 g/mol. The second-order valence-corrected chi connectivity index (χ2v) is 8.12. The number of benzene rings is 1. The fraction of sp³-hybridized carbons (Fsp3) is 0.682. The molecule has 0 atom stereocenters. The minimum atomic E-state index is 0.0635. The third-order valence-electron chi connectivity index (χ3n) is 6.35. The van der Waals surface area contributed by atoms with Gasteiger partial charge in [0.05, 0.1) is 13.2 Å². The summed E-state index contributed by atoms with van der Waals surface area (Å²) >= 11 is 0. The number of aliphatic hydroxyl groups is 1. The highest BCUT2D eigenvalue weighted by Crippen LogP contribution is 2.32. The highest BCUT2D eigenvalue weighted by molar-refractivity contribution is 5.76. The van der Waals surface area contributed by atoms with Gasteiger partial charge in [-0.3, -0.25) is 4.79 Å². The van der Waals surface area contributed by atoms with Crippen molar-refractivity contribution in [1.29, 1.82) is 0 Å². The molecule has 0 heterocycles. The number of hydrogen-bond donors (Lipinski definition) is 1. The third-order valence-corrected chi connectivity index (χ3v) is 6.35. The number of rotatable bonds is 8. The fourth-order valence-corrected chi connectivity index (χ4v) is 4.16. The van der Waals surface area contributed by atoms with Gasteiger partial charge in [-0.2, -0.15) is 0 Å². The summed E-state index contributed by atoms with van der Waals surface area (Å²) in [5.74, 6) is 1.50. The maximum absolute atomic E-state index is 12.4. The molecule has 0 unspecified atom stereocenters. The lowest BCUT2D eigenvalue weighted by molar-refractivity contribution is -0.134. The zero-order chi connectivity index (χ0) is 18.4. The topological polar surface area (TPSA) is 49.8 Å². The van der Waals surface area contributed by atoms with Gasteiger partial charge in [0, 0.05) is 26.1 Å². The van der Waals surface area contributed by atoms with Gasteiger partial charge in [0.2, 0.25) is 5.91 Å². The first kappa shape index (κ1) is 19.4. The van der Waals surface area contributed by atoms with E-state index in [2.05, 4.69) is 0 Å². The Hall–Kier alpha value is -1.39. The highest BCUT2D eigenvalue weighted by Gasteiger charge is 2.29. The van der Waals surface area contributed by atoms with Crippen LogP contribution >= 0.6 is 0 Å². The van der Waals surface area contributed by atoms with Crippen LogP contribution < -0.4 is 0 Å². The molecule has 1 N–H and O–H groups in total. The molecule has 2 aliphatic rings. The van der Waals surface area contributed by atoms with E-state index in [0.29, 0.717) is 30.4 Å². The average Bonchev–Trinajstić information content (AvgIpc) is 2.62. The van der Waals surface area contributed by atoms with E-state index in [-0.39, 0.29) is 6.61 Å². The summed E-state index contributed by atoms with van der Waals surface area (Å²) in [6, 6.07) is 8.41. The van der Waals surface area contributed by atoms with Gasteiger partial charge in [-0.25, -0.2) is 0 Å². The van der Waals surface area contributed by atoms with Crippen LogP contribution in [-0.2, 0) is 22.7 Å². The van der Waals surface area contributed by atoms with Crippen molar-refractivity contribution in [3.8, 4) is 0 Å². The summed E-state index contributed by atoms with van der Waals surface area (Å²) in [7, 11) is 1.98. The van der Waals surface area contributed by atoms with Crippen molar-refractivity contribution in [1.82, 2.24) is 4.90 Å². The van der Waals surface area contributed by atoms with Crippen molar-refractivity contribution >= 4 is 5.91 Å². The molecule has 1 aromatic carbocycles. The van der Waals surface area contributed by atoms with Crippen LogP contribution in [-0.4, -0.2) is 35.6 Å². The molecule has 0 aromatic heterocycles. The molecule has 2 saturated carbocycles. The smallest absolute Gasteiger partial charge is 0.222 e. The van der Waals surface area contributed by atoms with Crippen LogP contribution in [0.2, 0.25) is 0 Å². The van der Waals surface area contributed by atoms with E-state index in [4.69, 9.17) is 4.74 Å². The zero-order valence-electron chi connectivity index (χ0n) is 16.0. The SMILES string of the molecule is CN(C(=O)CC1CCC(COCc2ccccc2CO)CC1)C1CCC1. The maximum Gasteiger partial charge on any atom is 0.222 e. The van der Waals surface area contributed by atoms with Crippen LogP contribution in [0.1, 0.15) is 62.5 Å². The van der Waals surface area contributed by atoms with Gasteiger partial charge in [-0.1, -0.05) is 24.3 Å². The first-order valence-electron chi connectivity index (χ1n) is 10.2. The van der Waals surface area contributed by atoms with Gasteiger partial charge in [-0.15, -0.1) is 0 Å². The van der Waals surface area contributed by atoms with E-state index in [0.717, 1.165) is 49.8 Å². The van der Waals surface area contributed by atoms with E-state index in [1.807, 2.05) is 36.2 Å². The van der Waals surface area contributed by atoms with E-state index >= 15 is 0 Å². The quantitative estimate of drug-likeness (QED) is 0.766. The van der Waals surface area contributed by atoms with Gasteiger partial charge in [-0.05, 0) is 67.9 Å². The minimum absolute atomic E-state index is 0.0635. The summed E-state index contributed by atoms with van der Waals surface area (Å²) in [6.07, 6.45) is 8.98. The predicted octanol–water partition coefficient (Wildman–Crippen LogP) is 3.90. The molecule has 2 fully saturated rings. The van der Waals surface area contributed by atoms with Crippen molar-refractivity contribution < 1.29 is 14.6 Å². The lowest BCUT2D eigenvalue weighted by Crippen LogP contribution is -2.42. The van der Waals surface area contributed by atoms with Crippen LogP contribution in [0.25, 0.3) is 0 Å². The number of carbonyl (C=O) groups excluding carboxylic acids is 1. The molecule has 26 heavy (non-hydrogen) atoms. The Balaban J connectivity index is 1.34. The first-order valence-corrected chi connectivity index (χ1v) is 10.2. The Labute approximate surface area is 157 Å². The highest BCUT2D eigenvalue weighted by atomic mass is 16.5. The number of nitrogens with zero attached hydrogens (tertiary/aromatic N) is 1. The molecule has 3 rings (SSSR count). The van der Waals surface area contributed by atoms with Crippen LogP contribution in [0.15, 0.2) is 24.3 Å².